The number of nitrogens with zero attached hydrogens (tertiary/aromatic N) is 2. The fourth-order valence-electron chi connectivity index (χ4n) is 1.78. The lowest BCUT2D eigenvalue weighted by molar-refractivity contribution is 0.461. The van der Waals surface area contributed by atoms with Gasteiger partial charge in [-0.05, 0) is 19.4 Å². The minimum absolute atomic E-state index is 0.470. The summed E-state index contributed by atoms with van der Waals surface area (Å²) < 4.78 is 2.11. The Morgan fingerprint density at radius 1 is 1.40 bits per heavy atom. The van der Waals surface area contributed by atoms with E-state index >= 15 is 0 Å². The second-order valence-corrected chi connectivity index (χ2v) is 4.08. The molecule has 3 heteroatoms. The van der Waals surface area contributed by atoms with E-state index in [1.807, 2.05) is 12.5 Å². The molecule has 0 aromatic carbocycles. The molecule has 0 aliphatic rings. The molecule has 0 amide bonds. The molecule has 1 atom stereocenters. The lowest BCUT2D eigenvalue weighted by Gasteiger charge is -2.18. The van der Waals surface area contributed by atoms with Crippen molar-refractivity contribution in [3.63, 3.8) is 0 Å². The Morgan fingerprint density at radius 3 is 2.73 bits per heavy atom. The molecule has 0 bridgehead atoms. The molecule has 15 heavy (non-hydrogen) atoms. The molecule has 0 saturated carbocycles. The number of unbranched alkanes of at least 4 members (excludes halogenated alkanes) is 1. The zero-order valence-corrected chi connectivity index (χ0v) is 10.2. The molecule has 0 spiro atoms. The van der Waals surface area contributed by atoms with Crippen LogP contribution in [0.4, 0.5) is 0 Å². The number of aryl methyl sites for hydroxylation is 1. The van der Waals surface area contributed by atoms with E-state index in [0.717, 1.165) is 6.54 Å². The van der Waals surface area contributed by atoms with Gasteiger partial charge in [-0.1, -0.05) is 26.7 Å². The highest BCUT2D eigenvalue weighted by Gasteiger charge is 2.12. The summed E-state index contributed by atoms with van der Waals surface area (Å²) in [5.74, 6) is 0. The van der Waals surface area contributed by atoms with Gasteiger partial charge in [0.1, 0.15) is 0 Å². The average molecular weight is 209 g/mol. The van der Waals surface area contributed by atoms with Crippen molar-refractivity contribution < 1.29 is 0 Å². The molecule has 0 fully saturated rings. The molecule has 1 rings (SSSR count). The van der Waals surface area contributed by atoms with Crippen LogP contribution in [0.1, 0.15) is 51.3 Å². The zero-order chi connectivity index (χ0) is 11.1. The van der Waals surface area contributed by atoms with Gasteiger partial charge in [-0.15, -0.1) is 0 Å². The maximum atomic E-state index is 4.18. The molecule has 1 heterocycles. The van der Waals surface area contributed by atoms with Gasteiger partial charge in [0.05, 0.1) is 12.0 Å². The van der Waals surface area contributed by atoms with Crippen molar-refractivity contribution in [2.45, 2.75) is 45.6 Å². The summed E-state index contributed by atoms with van der Waals surface area (Å²) in [5, 5.41) is 3.59. The number of hydrogen-bond acceptors (Lipinski definition) is 2. The first-order chi connectivity index (χ1) is 7.29. The number of nitrogens with one attached hydrogen (secondary N) is 1. The first-order valence-electron chi connectivity index (χ1n) is 5.99. The van der Waals surface area contributed by atoms with Crippen LogP contribution in [0, 0.1) is 0 Å². The molecule has 1 aromatic heterocycles. The first-order valence-corrected chi connectivity index (χ1v) is 5.99. The number of hydrogen-bond donors (Lipinski definition) is 1. The van der Waals surface area contributed by atoms with Crippen LogP contribution in [0.25, 0.3) is 0 Å². The van der Waals surface area contributed by atoms with E-state index in [4.69, 9.17) is 0 Å². The van der Waals surface area contributed by atoms with Gasteiger partial charge in [0, 0.05) is 19.3 Å². The molecule has 86 valence electrons. The fourth-order valence-corrected chi connectivity index (χ4v) is 1.78. The molecule has 0 aliphatic carbocycles. The lowest BCUT2D eigenvalue weighted by atomic mass is 10.1. The van der Waals surface area contributed by atoms with Gasteiger partial charge in [0.25, 0.3) is 0 Å². The van der Waals surface area contributed by atoms with Crippen LogP contribution in [0.5, 0.6) is 0 Å². The smallest absolute Gasteiger partial charge is 0.0946 e. The molecule has 3 nitrogen and oxygen atoms in total. The summed E-state index contributed by atoms with van der Waals surface area (Å²) in [6.45, 7) is 5.52. The van der Waals surface area contributed by atoms with Crippen LogP contribution in [0.2, 0.25) is 0 Å². The second kappa shape index (κ2) is 6.62. The van der Waals surface area contributed by atoms with Crippen LogP contribution in [-0.4, -0.2) is 16.1 Å². The standard InChI is InChI=1S/C12H23N3/c1-4-6-7-11(14-8-5-2)12-9-13-10-15(12)3/h9-11,14H,4-8H2,1-3H3. The van der Waals surface area contributed by atoms with Gasteiger partial charge in [0.2, 0.25) is 0 Å². The Balaban J connectivity index is 2.58. The van der Waals surface area contributed by atoms with Gasteiger partial charge >= 0.3 is 0 Å². The highest BCUT2D eigenvalue weighted by molar-refractivity contribution is 5.04. The van der Waals surface area contributed by atoms with Crippen molar-refractivity contribution in [1.29, 1.82) is 0 Å². The van der Waals surface area contributed by atoms with Crippen LogP contribution >= 0.6 is 0 Å². The maximum Gasteiger partial charge on any atom is 0.0946 e. The first kappa shape index (κ1) is 12.2. The van der Waals surface area contributed by atoms with E-state index in [9.17, 15) is 0 Å². The second-order valence-electron chi connectivity index (χ2n) is 4.08. The third kappa shape index (κ3) is 3.67. The Hall–Kier alpha value is -0.830. The highest BCUT2D eigenvalue weighted by atomic mass is 15.1. The van der Waals surface area contributed by atoms with Gasteiger partial charge < -0.3 is 9.88 Å². The SMILES string of the molecule is CCCCC(NCCC)c1cncn1C. The minimum atomic E-state index is 0.470. The van der Waals surface area contributed by atoms with E-state index in [2.05, 4.69) is 35.8 Å². The fraction of sp³-hybridized carbons (Fsp3) is 0.750. The van der Waals surface area contributed by atoms with E-state index in [1.165, 1.54) is 31.4 Å². The zero-order valence-electron chi connectivity index (χ0n) is 10.2. The van der Waals surface area contributed by atoms with Crippen LogP contribution in [0.3, 0.4) is 0 Å². The van der Waals surface area contributed by atoms with Gasteiger partial charge in [-0.3, -0.25) is 0 Å². The third-order valence-electron chi connectivity index (χ3n) is 2.70. The Bertz CT molecular complexity index is 260. The van der Waals surface area contributed by atoms with Crippen LogP contribution < -0.4 is 5.32 Å². The molecule has 1 aromatic rings. The summed E-state index contributed by atoms with van der Waals surface area (Å²) >= 11 is 0. The monoisotopic (exact) mass is 209 g/mol. The molecular weight excluding hydrogens is 186 g/mol. The summed E-state index contributed by atoms with van der Waals surface area (Å²) in [7, 11) is 2.06. The van der Waals surface area contributed by atoms with Crippen molar-refractivity contribution >= 4 is 0 Å². The summed E-state index contributed by atoms with van der Waals surface area (Å²) in [5.41, 5.74) is 1.30. The summed E-state index contributed by atoms with van der Waals surface area (Å²) in [6, 6.07) is 0.470. The minimum Gasteiger partial charge on any atom is -0.336 e. The van der Waals surface area contributed by atoms with Gasteiger partial charge in [0.15, 0.2) is 0 Å². The van der Waals surface area contributed by atoms with E-state index < -0.39 is 0 Å². The Morgan fingerprint density at radius 2 is 2.20 bits per heavy atom. The molecule has 0 aliphatic heterocycles. The molecule has 0 saturated heterocycles. The number of rotatable bonds is 7. The number of imidazole rings is 1. The van der Waals surface area contributed by atoms with Gasteiger partial charge in [-0.2, -0.15) is 0 Å². The molecular formula is C12H23N3. The average Bonchev–Trinajstić information content (AvgIpc) is 2.65. The largest absolute Gasteiger partial charge is 0.336 e. The van der Waals surface area contributed by atoms with Gasteiger partial charge in [-0.25, -0.2) is 4.98 Å². The highest BCUT2D eigenvalue weighted by Crippen LogP contribution is 2.18. The molecule has 1 N–H and O–H groups in total. The summed E-state index contributed by atoms with van der Waals surface area (Å²) in [6.07, 6.45) is 8.76. The number of aromatic nitrogens is 2. The predicted molar refractivity (Wildman–Crippen MR) is 63.8 cm³/mol. The molecule has 0 radical (unpaired) electrons. The van der Waals surface area contributed by atoms with Crippen LogP contribution in [0.15, 0.2) is 12.5 Å². The lowest BCUT2D eigenvalue weighted by Crippen LogP contribution is -2.23. The third-order valence-corrected chi connectivity index (χ3v) is 2.70. The van der Waals surface area contributed by atoms with Crippen molar-refractivity contribution in [2.75, 3.05) is 6.54 Å². The Labute approximate surface area is 92.9 Å². The van der Waals surface area contributed by atoms with Crippen molar-refractivity contribution in [1.82, 2.24) is 14.9 Å². The topological polar surface area (TPSA) is 29.9 Å². The normalized spacial score (nSPS) is 13.0. The van der Waals surface area contributed by atoms with E-state index in [-0.39, 0.29) is 0 Å². The van der Waals surface area contributed by atoms with Crippen molar-refractivity contribution in [2.24, 2.45) is 7.05 Å². The maximum absolute atomic E-state index is 4.18. The predicted octanol–water partition coefficient (Wildman–Crippen LogP) is 2.65. The van der Waals surface area contributed by atoms with E-state index in [0.29, 0.717) is 6.04 Å². The quantitative estimate of drug-likeness (QED) is 0.748. The summed E-state index contributed by atoms with van der Waals surface area (Å²) in [4.78, 5) is 4.18. The molecule has 1 unspecified atom stereocenters. The van der Waals surface area contributed by atoms with E-state index in [1.54, 1.807) is 0 Å². The van der Waals surface area contributed by atoms with Crippen molar-refractivity contribution in [3.8, 4) is 0 Å². The Kier molecular flexibility index (Phi) is 5.40. The van der Waals surface area contributed by atoms with Crippen LogP contribution in [-0.2, 0) is 7.05 Å². The van der Waals surface area contributed by atoms with Crippen molar-refractivity contribution in [3.05, 3.63) is 18.2 Å².